The molecular formula is C10H17N3O4S2. The standard InChI is InChI=1S/C10H17N3O4S2/c1-12-18(14,15)9-3-5-10(6-4-9)19(16,17)13-8-2-7-11/h3-6,12-13H,2,7-8,11H2,1H3. The highest BCUT2D eigenvalue weighted by atomic mass is 32.2. The van der Waals surface area contributed by atoms with E-state index in [-0.39, 0.29) is 16.3 Å². The summed E-state index contributed by atoms with van der Waals surface area (Å²) >= 11 is 0. The van der Waals surface area contributed by atoms with E-state index in [0.717, 1.165) is 0 Å². The van der Waals surface area contributed by atoms with Gasteiger partial charge in [-0.25, -0.2) is 26.3 Å². The lowest BCUT2D eigenvalue weighted by Crippen LogP contribution is -2.26. The first kappa shape index (κ1) is 16.1. The molecule has 108 valence electrons. The quantitative estimate of drug-likeness (QED) is 0.571. The molecule has 0 aliphatic carbocycles. The van der Waals surface area contributed by atoms with Gasteiger partial charge in [0.1, 0.15) is 0 Å². The van der Waals surface area contributed by atoms with Gasteiger partial charge >= 0.3 is 0 Å². The molecule has 0 heterocycles. The summed E-state index contributed by atoms with van der Waals surface area (Å²) in [6, 6.07) is 4.97. The van der Waals surface area contributed by atoms with Crippen LogP contribution in [0.2, 0.25) is 0 Å². The van der Waals surface area contributed by atoms with Gasteiger partial charge in [-0.15, -0.1) is 0 Å². The fraction of sp³-hybridized carbons (Fsp3) is 0.400. The highest BCUT2D eigenvalue weighted by molar-refractivity contribution is 7.90. The van der Waals surface area contributed by atoms with Crippen LogP contribution in [0.4, 0.5) is 0 Å². The fourth-order valence-electron chi connectivity index (χ4n) is 1.31. The van der Waals surface area contributed by atoms with Crippen molar-refractivity contribution in [3.05, 3.63) is 24.3 Å². The average molecular weight is 307 g/mol. The largest absolute Gasteiger partial charge is 0.330 e. The Bertz CT molecular complexity index is 609. The molecule has 9 heteroatoms. The maximum Gasteiger partial charge on any atom is 0.240 e. The van der Waals surface area contributed by atoms with Crippen molar-refractivity contribution in [2.24, 2.45) is 5.73 Å². The first-order chi connectivity index (χ1) is 8.83. The zero-order chi connectivity index (χ0) is 14.5. The zero-order valence-electron chi connectivity index (χ0n) is 10.5. The topological polar surface area (TPSA) is 118 Å². The maximum absolute atomic E-state index is 11.8. The number of benzene rings is 1. The molecule has 1 aromatic rings. The summed E-state index contributed by atoms with van der Waals surface area (Å²) < 4.78 is 51.1. The summed E-state index contributed by atoms with van der Waals surface area (Å²) in [5.41, 5.74) is 5.27. The Labute approximate surface area is 113 Å². The Morgan fingerprint density at radius 2 is 1.47 bits per heavy atom. The molecule has 7 nitrogen and oxygen atoms in total. The molecule has 0 bridgehead atoms. The summed E-state index contributed by atoms with van der Waals surface area (Å²) in [6.07, 6.45) is 0.533. The summed E-state index contributed by atoms with van der Waals surface area (Å²) in [5, 5.41) is 0. The van der Waals surface area contributed by atoms with E-state index in [1.807, 2.05) is 0 Å². The van der Waals surface area contributed by atoms with Crippen LogP contribution in [-0.4, -0.2) is 37.0 Å². The molecule has 1 rings (SSSR count). The SMILES string of the molecule is CNS(=O)(=O)c1ccc(S(=O)(=O)NCCCN)cc1. The predicted octanol–water partition coefficient (Wildman–Crippen LogP) is -0.778. The molecule has 0 saturated heterocycles. The Hall–Kier alpha value is -1.00. The molecule has 0 spiro atoms. The van der Waals surface area contributed by atoms with E-state index in [9.17, 15) is 16.8 Å². The van der Waals surface area contributed by atoms with Gasteiger partial charge in [0.05, 0.1) is 9.79 Å². The van der Waals surface area contributed by atoms with E-state index in [2.05, 4.69) is 9.44 Å². The second-order valence-electron chi connectivity index (χ2n) is 3.72. The van der Waals surface area contributed by atoms with Crippen molar-refractivity contribution < 1.29 is 16.8 Å². The molecule has 0 aromatic heterocycles. The predicted molar refractivity (Wildman–Crippen MR) is 71.5 cm³/mol. The molecule has 0 atom stereocenters. The highest BCUT2D eigenvalue weighted by Gasteiger charge is 2.16. The Morgan fingerprint density at radius 1 is 1.00 bits per heavy atom. The van der Waals surface area contributed by atoms with Gasteiger partial charge in [-0.3, -0.25) is 0 Å². The van der Waals surface area contributed by atoms with Crippen molar-refractivity contribution in [1.29, 1.82) is 0 Å². The number of nitrogens with two attached hydrogens (primary N) is 1. The minimum absolute atomic E-state index is 0.0101. The van der Waals surface area contributed by atoms with Crippen molar-refractivity contribution in [3.8, 4) is 0 Å². The first-order valence-electron chi connectivity index (χ1n) is 5.57. The van der Waals surface area contributed by atoms with Gasteiger partial charge in [0.2, 0.25) is 20.0 Å². The van der Waals surface area contributed by atoms with Crippen LogP contribution in [0.5, 0.6) is 0 Å². The Kier molecular flexibility index (Phi) is 5.44. The van der Waals surface area contributed by atoms with Gasteiger partial charge in [0, 0.05) is 6.54 Å². The van der Waals surface area contributed by atoms with Crippen LogP contribution >= 0.6 is 0 Å². The van der Waals surface area contributed by atoms with Crippen LogP contribution in [0.1, 0.15) is 6.42 Å². The van der Waals surface area contributed by atoms with E-state index < -0.39 is 20.0 Å². The average Bonchev–Trinajstić information content (AvgIpc) is 2.39. The minimum Gasteiger partial charge on any atom is -0.330 e. The lowest BCUT2D eigenvalue weighted by atomic mass is 10.4. The molecular weight excluding hydrogens is 290 g/mol. The Morgan fingerprint density at radius 3 is 1.89 bits per heavy atom. The van der Waals surface area contributed by atoms with Crippen molar-refractivity contribution in [1.82, 2.24) is 9.44 Å². The third-order valence-electron chi connectivity index (χ3n) is 2.39. The number of nitrogens with one attached hydrogen (secondary N) is 2. The molecule has 19 heavy (non-hydrogen) atoms. The van der Waals surface area contributed by atoms with E-state index in [1.54, 1.807) is 0 Å². The smallest absolute Gasteiger partial charge is 0.240 e. The molecule has 4 N–H and O–H groups in total. The van der Waals surface area contributed by atoms with Gasteiger partial charge in [-0.05, 0) is 44.3 Å². The summed E-state index contributed by atoms with van der Waals surface area (Å²) in [4.78, 5) is 0.0236. The van der Waals surface area contributed by atoms with Gasteiger partial charge in [0.15, 0.2) is 0 Å². The second-order valence-corrected chi connectivity index (χ2v) is 7.37. The monoisotopic (exact) mass is 307 g/mol. The summed E-state index contributed by atoms with van der Waals surface area (Å²) in [5.74, 6) is 0. The first-order valence-corrected chi connectivity index (χ1v) is 8.53. The van der Waals surface area contributed by atoms with Crippen molar-refractivity contribution in [2.75, 3.05) is 20.1 Å². The van der Waals surface area contributed by atoms with Crippen LogP contribution in [0.3, 0.4) is 0 Å². The molecule has 0 saturated carbocycles. The molecule has 0 amide bonds. The van der Waals surface area contributed by atoms with E-state index in [0.29, 0.717) is 13.0 Å². The highest BCUT2D eigenvalue weighted by Crippen LogP contribution is 2.13. The van der Waals surface area contributed by atoms with E-state index >= 15 is 0 Å². The molecule has 0 aliphatic rings. The van der Waals surface area contributed by atoms with Crippen LogP contribution < -0.4 is 15.2 Å². The Balaban J connectivity index is 2.93. The third-order valence-corrected chi connectivity index (χ3v) is 5.29. The van der Waals surface area contributed by atoms with Crippen LogP contribution in [0, 0.1) is 0 Å². The number of sulfonamides is 2. The fourth-order valence-corrected chi connectivity index (χ4v) is 3.11. The van der Waals surface area contributed by atoms with Crippen molar-refractivity contribution in [2.45, 2.75) is 16.2 Å². The molecule has 1 aromatic carbocycles. The van der Waals surface area contributed by atoms with Gasteiger partial charge in [-0.1, -0.05) is 0 Å². The third kappa shape index (κ3) is 4.25. The minimum atomic E-state index is -3.62. The van der Waals surface area contributed by atoms with E-state index in [1.165, 1.54) is 31.3 Å². The second kappa shape index (κ2) is 6.44. The maximum atomic E-state index is 11.8. The number of hydrogen-bond donors (Lipinski definition) is 3. The zero-order valence-corrected chi connectivity index (χ0v) is 12.1. The van der Waals surface area contributed by atoms with Crippen LogP contribution in [-0.2, 0) is 20.0 Å². The van der Waals surface area contributed by atoms with E-state index in [4.69, 9.17) is 5.73 Å². The van der Waals surface area contributed by atoms with Gasteiger partial charge < -0.3 is 5.73 Å². The van der Waals surface area contributed by atoms with Crippen LogP contribution in [0.25, 0.3) is 0 Å². The van der Waals surface area contributed by atoms with Gasteiger partial charge in [0.25, 0.3) is 0 Å². The normalized spacial score (nSPS) is 12.5. The number of rotatable bonds is 7. The van der Waals surface area contributed by atoms with Gasteiger partial charge in [-0.2, -0.15) is 0 Å². The van der Waals surface area contributed by atoms with Crippen LogP contribution in [0.15, 0.2) is 34.1 Å². The molecule has 0 radical (unpaired) electrons. The summed E-state index contributed by atoms with van der Waals surface area (Å²) in [6.45, 7) is 0.636. The molecule has 0 unspecified atom stereocenters. The molecule has 0 fully saturated rings. The molecule has 0 aliphatic heterocycles. The lowest BCUT2D eigenvalue weighted by molar-refractivity contribution is 0.578. The lowest BCUT2D eigenvalue weighted by Gasteiger charge is -2.07. The summed E-state index contributed by atoms with van der Waals surface area (Å²) in [7, 11) is -5.90. The number of hydrogen-bond acceptors (Lipinski definition) is 5. The van der Waals surface area contributed by atoms with Crippen molar-refractivity contribution in [3.63, 3.8) is 0 Å². The van der Waals surface area contributed by atoms with Crippen molar-refractivity contribution >= 4 is 20.0 Å².